The molecule has 1 unspecified atom stereocenters. The fourth-order valence-corrected chi connectivity index (χ4v) is 2.96. The van der Waals surface area contributed by atoms with E-state index in [4.69, 9.17) is 17.3 Å². The van der Waals surface area contributed by atoms with E-state index >= 15 is 0 Å². The molecule has 0 spiro atoms. The lowest BCUT2D eigenvalue weighted by atomic mass is 10.0. The van der Waals surface area contributed by atoms with E-state index in [1.54, 1.807) is 12.1 Å². The van der Waals surface area contributed by atoms with Crippen LogP contribution in [0.15, 0.2) is 42.5 Å². The highest BCUT2D eigenvalue weighted by molar-refractivity contribution is 6.31. The Hall–Kier alpha value is -1.58. The van der Waals surface area contributed by atoms with Gasteiger partial charge in [0.2, 0.25) is 0 Å². The van der Waals surface area contributed by atoms with Gasteiger partial charge in [0.15, 0.2) is 0 Å². The van der Waals surface area contributed by atoms with Crippen LogP contribution in [0.2, 0.25) is 5.02 Å². The van der Waals surface area contributed by atoms with E-state index in [0.717, 1.165) is 17.8 Å². The van der Waals surface area contributed by atoms with Crippen LogP contribution in [0.3, 0.4) is 0 Å². The molecule has 2 aromatic carbocycles. The highest BCUT2D eigenvalue weighted by atomic mass is 35.5. The molecular weight excluding hydrogens is 287 g/mol. The standard InChI is InChI=1S/C17H20ClFN2/c1-3-21(15-10-5-4-7-12(15)2)16(11-20)17-13(18)8-6-9-14(17)19/h4-10,16H,3,11,20H2,1-2H3. The van der Waals surface area contributed by atoms with Crippen LogP contribution in [0.4, 0.5) is 10.1 Å². The number of benzene rings is 2. The molecule has 112 valence electrons. The molecule has 0 saturated heterocycles. The van der Waals surface area contributed by atoms with Crippen molar-refractivity contribution in [3.63, 3.8) is 0 Å². The second-order valence-electron chi connectivity index (χ2n) is 4.96. The third-order valence-corrected chi connectivity index (χ3v) is 4.03. The molecule has 2 rings (SSSR count). The molecule has 0 aliphatic carbocycles. The van der Waals surface area contributed by atoms with Gasteiger partial charge >= 0.3 is 0 Å². The van der Waals surface area contributed by atoms with Crippen molar-refractivity contribution in [2.24, 2.45) is 5.73 Å². The van der Waals surface area contributed by atoms with E-state index in [0.29, 0.717) is 17.1 Å². The van der Waals surface area contributed by atoms with Gasteiger partial charge in [0.1, 0.15) is 5.82 Å². The van der Waals surface area contributed by atoms with Gasteiger partial charge in [-0.25, -0.2) is 4.39 Å². The molecule has 0 amide bonds. The molecule has 2 nitrogen and oxygen atoms in total. The van der Waals surface area contributed by atoms with Crippen LogP contribution >= 0.6 is 11.6 Å². The maximum Gasteiger partial charge on any atom is 0.130 e. The summed E-state index contributed by atoms with van der Waals surface area (Å²) >= 11 is 6.21. The third-order valence-electron chi connectivity index (χ3n) is 3.70. The summed E-state index contributed by atoms with van der Waals surface area (Å²) in [6.07, 6.45) is 0. The smallest absolute Gasteiger partial charge is 0.130 e. The van der Waals surface area contributed by atoms with Gasteiger partial charge in [0.25, 0.3) is 0 Å². The predicted octanol–water partition coefficient (Wildman–Crippen LogP) is 4.31. The van der Waals surface area contributed by atoms with E-state index < -0.39 is 0 Å². The summed E-state index contributed by atoms with van der Waals surface area (Å²) in [6, 6.07) is 12.5. The van der Waals surface area contributed by atoms with E-state index in [-0.39, 0.29) is 11.9 Å². The van der Waals surface area contributed by atoms with E-state index in [2.05, 4.69) is 4.90 Å². The monoisotopic (exact) mass is 306 g/mol. The summed E-state index contributed by atoms with van der Waals surface area (Å²) < 4.78 is 14.2. The van der Waals surface area contributed by atoms with Crippen LogP contribution in [0, 0.1) is 12.7 Å². The molecule has 0 fully saturated rings. The molecule has 2 N–H and O–H groups in total. The van der Waals surface area contributed by atoms with Crippen molar-refractivity contribution in [3.8, 4) is 0 Å². The zero-order valence-electron chi connectivity index (χ0n) is 12.3. The Balaban J connectivity index is 2.51. The van der Waals surface area contributed by atoms with Crippen LogP contribution in [0.5, 0.6) is 0 Å². The largest absolute Gasteiger partial charge is 0.363 e. The quantitative estimate of drug-likeness (QED) is 0.891. The Bertz CT molecular complexity index is 595. The fraction of sp³-hybridized carbons (Fsp3) is 0.294. The number of hydrogen-bond acceptors (Lipinski definition) is 2. The Labute approximate surface area is 130 Å². The number of hydrogen-bond donors (Lipinski definition) is 1. The highest BCUT2D eigenvalue weighted by Crippen LogP contribution is 2.33. The number of likely N-dealkylation sites (N-methyl/N-ethyl adjacent to an activating group) is 1. The number of anilines is 1. The number of nitrogens with two attached hydrogens (primary N) is 1. The third kappa shape index (κ3) is 3.20. The summed E-state index contributed by atoms with van der Waals surface area (Å²) in [7, 11) is 0. The van der Waals surface area contributed by atoms with E-state index in [1.807, 2.05) is 38.1 Å². The maximum absolute atomic E-state index is 14.2. The van der Waals surface area contributed by atoms with Crippen LogP contribution < -0.4 is 10.6 Å². The summed E-state index contributed by atoms with van der Waals surface area (Å²) in [5.74, 6) is -0.315. The van der Waals surface area contributed by atoms with Crippen molar-refractivity contribution in [1.29, 1.82) is 0 Å². The topological polar surface area (TPSA) is 29.3 Å². The van der Waals surface area contributed by atoms with Crippen LogP contribution in [-0.2, 0) is 0 Å². The molecule has 0 aliphatic rings. The maximum atomic E-state index is 14.2. The fourth-order valence-electron chi connectivity index (χ4n) is 2.67. The lowest BCUT2D eigenvalue weighted by Gasteiger charge is -2.34. The van der Waals surface area contributed by atoms with Gasteiger partial charge < -0.3 is 10.6 Å². The van der Waals surface area contributed by atoms with Crippen molar-refractivity contribution in [2.75, 3.05) is 18.0 Å². The molecular formula is C17H20ClFN2. The van der Waals surface area contributed by atoms with Gasteiger partial charge in [-0.2, -0.15) is 0 Å². The predicted molar refractivity (Wildman–Crippen MR) is 87.4 cm³/mol. The first-order valence-corrected chi connectivity index (χ1v) is 7.44. The van der Waals surface area contributed by atoms with Crippen LogP contribution in [0.1, 0.15) is 24.1 Å². The summed E-state index contributed by atoms with van der Waals surface area (Å²) in [6.45, 7) is 5.08. The second kappa shape index (κ2) is 6.92. The molecule has 21 heavy (non-hydrogen) atoms. The molecule has 1 atom stereocenters. The van der Waals surface area contributed by atoms with Crippen molar-refractivity contribution in [1.82, 2.24) is 0 Å². The zero-order valence-corrected chi connectivity index (χ0v) is 13.1. The normalized spacial score (nSPS) is 12.2. The van der Waals surface area contributed by atoms with Crippen molar-refractivity contribution in [3.05, 3.63) is 64.4 Å². The number of para-hydroxylation sites is 1. The SMILES string of the molecule is CCN(c1ccccc1C)C(CN)c1c(F)cccc1Cl. The molecule has 0 bridgehead atoms. The van der Waals surface area contributed by atoms with Gasteiger partial charge in [0.05, 0.1) is 6.04 Å². The number of aryl methyl sites for hydroxylation is 1. The second-order valence-corrected chi connectivity index (χ2v) is 5.37. The van der Waals surface area contributed by atoms with E-state index in [9.17, 15) is 4.39 Å². The minimum absolute atomic E-state index is 0.287. The Kier molecular flexibility index (Phi) is 5.21. The van der Waals surface area contributed by atoms with Gasteiger partial charge in [-0.05, 0) is 37.6 Å². The summed E-state index contributed by atoms with van der Waals surface area (Å²) in [5.41, 5.74) is 8.58. The van der Waals surface area contributed by atoms with Gasteiger partial charge in [-0.3, -0.25) is 0 Å². The average Bonchev–Trinajstić information content (AvgIpc) is 2.47. The van der Waals surface area contributed by atoms with Crippen LogP contribution in [0.25, 0.3) is 0 Å². The van der Waals surface area contributed by atoms with Crippen molar-refractivity contribution >= 4 is 17.3 Å². The molecule has 0 aromatic heterocycles. The molecule has 0 saturated carbocycles. The first-order valence-electron chi connectivity index (χ1n) is 7.06. The first-order chi connectivity index (χ1) is 10.1. The van der Waals surface area contributed by atoms with Crippen molar-refractivity contribution in [2.45, 2.75) is 19.9 Å². The first kappa shape index (κ1) is 15.8. The molecule has 4 heteroatoms. The van der Waals surface area contributed by atoms with Gasteiger partial charge in [0, 0.05) is 29.4 Å². The minimum atomic E-state index is -0.315. The lowest BCUT2D eigenvalue weighted by Crippen LogP contribution is -2.35. The highest BCUT2D eigenvalue weighted by Gasteiger charge is 2.24. The molecule has 0 radical (unpaired) electrons. The Morgan fingerprint density at radius 2 is 1.90 bits per heavy atom. The van der Waals surface area contributed by atoms with Crippen molar-refractivity contribution < 1.29 is 4.39 Å². The Morgan fingerprint density at radius 1 is 1.19 bits per heavy atom. The summed E-state index contributed by atoms with van der Waals surface area (Å²) in [4.78, 5) is 2.10. The van der Waals surface area contributed by atoms with Gasteiger partial charge in [-0.1, -0.05) is 35.9 Å². The lowest BCUT2D eigenvalue weighted by molar-refractivity contribution is 0.562. The number of nitrogens with zero attached hydrogens (tertiary/aromatic N) is 1. The molecule has 0 aliphatic heterocycles. The number of halogens is 2. The van der Waals surface area contributed by atoms with E-state index in [1.165, 1.54) is 6.07 Å². The number of rotatable bonds is 5. The zero-order chi connectivity index (χ0) is 15.4. The average molecular weight is 307 g/mol. The molecule has 0 heterocycles. The summed E-state index contributed by atoms with van der Waals surface area (Å²) in [5, 5.41) is 0.414. The minimum Gasteiger partial charge on any atom is -0.363 e. The van der Waals surface area contributed by atoms with Crippen LogP contribution in [-0.4, -0.2) is 13.1 Å². The van der Waals surface area contributed by atoms with Gasteiger partial charge in [-0.15, -0.1) is 0 Å². The Morgan fingerprint density at radius 3 is 2.48 bits per heavy atom. The molecule has 2 aromatic rings.